The summed E-state index contributed by atoms with van der Waals surface area (Å²) in [4.78, 5) is 13.0. The minimum atomic E-state index is -3.60. The van der Waals surface area contributed by atoms with E-state index in [4.69, 9.17) is 10.5 Å². The van der Waals surface area contributed by atoms with Gasteiger partial charge in [0.25, 0.3) is 0 Å². The minimum absolute atomic E-state index is 0. The fourth-order valence-corrected chi connectivity index (χ4v) is 4.36. The summed E-state index contributed by atoms with van der Waals surface area (Å²) in [6.45, 7) is 8.01. The fourth-order valence-electron chi connectivity index (χ4n) is 3.22. The summed E-state index contributed by atoms with van der Waals surface area (Å²) in [6.07, 6.45) is 0.347. The fraction of sp³-hybridized carbons (Fsp3) is 0.611. The summed E-state index contributed by atoms with van der Waals surface area (Å²) >= 11 is 0. The van der Waals surface area contributed by atoms with Crippen LogP contribution in [0.3, 0.4) is 0 Å². The van der Waals surface area contributed by atoms with E-state index in [2.05, 4.69) is 5.32 Å². The van der Waals surface area contributed by atoms with Crippen LogP contribution < -0.4 is 11.1 Å². The Kier molecular flexibility index (Phi) is 7.11. The van der Waals surface area contributed by atoms with Crippen molar-refractivity contribution in [3.05, 3.63) is 23.8 Å². The number of sulfonamides is 1. The van der Waals surface area contributed by atoms with Gasteiger partial charge in [0.05, 0.1) is 11.0 Å². The lowest BCUT2D eigenvalue weighted by Crippen LogP contribution is -2.74. The van der Waals surface area contributed by atoms with Crippen LogP contribution in [0.25, 0.3) is 0 Å². The van der Waals surface area contributed by atoms with Crippen molar-refractivity contribution < 1.29 is 17.9 Å². The Hall–Kier alpha value is -1.19. The largest absolute Gasteiger partial charge is 0.378 e. The van der Waals surface area contributed by atoms with Crippen LogP contribution in [-0.4, -0.2) is 51.0 Å². The number of hydrogen-bond acceptors (Lipinski definition) is 5. The second-order valence-corrected chi connectivity index (χ2v) is 9.68. The van der Waals surface area contributed by atoms with E-state index in [-0.39, 0.29) is 29.3 Å². The number of benzene rings is 1. The molecule has 0 radical (unpaired) electrons. The number of rotatable bonds is 6. The predicted molar refractivity (Wildman–Crippen MR) is 109 cm³/mol. The van der Waals surface area contributed by atoms with Gasteiger partial charge in [-0.05, 0) is 31.5 Å². The van der Waals surface area contributed by atoms with Gasteiger partial charge >= 0.3 is 0 Å². The number of carbonyl (C=O) groups is 1. The number of aryl methyl sites for hydroxylation is 1. The van der Waals surface area contributed by atoms with Gasteiger partial charge in [-0.15, -0.1) is 12.4 Å². The number of carbonyl (C=O) groups excluding carboxylic acids is 1. The third-order valence-electron chi connectivity index (χ3n) is 5.44. The van der Waals surface area contributed by atoms with Crippen LogP contribution in [0.4, 0.5) is 5.69 Å². The molecule has 1 amide bonds. The zero-order valence-corrected chi connectivity index (χ0v) is 18.3. The molecule has 7 nitrogen and oxygen atoms in total. The summed E-state index contributed by atoms with van der Waals surface area (Å²) < 4.78 is 31.7. The van der Waals surface area contributed by atoms with Crippen LogP contribution in [0.2, 0.25) is 0 Å². The Morgan fingerprint density at radius 1 is 1.37 bits per heavy atom. The molecule has 154 valence electrons. The van der Waals surface area contributed by atoms with Gasteiger partial charge in [-0.3, -0.25) is 4.79 Å². The molecule has 1 saturated carbocycles. The van der Waals surface area contributed by atoms with Crippen molar-refractivity contribution in [2.24, 2.45) is 11.1 Å². The number of nitrogens with two attached hydrogens (primary N) is 1. The quantitative estimate of drug-likeness (QED) is 0.735. The van der Waals surface area contributed by atoms with Crippen LogP contribution in [0.15, 0.2) is 23.1 Å². The Morgan fingerprint density at radius 2 is 1.96 bits per heavy atom. The standard InChI is InChI=1S/C18H29N3O4S.ClH/c1-7-25-15-11-18(19,17(15,3)4)16(22)20-13-9-8-12(2)14(10-13)26(23,24)21(5)6;/h8-10,15H,7,11,19H2,1-6H3,(H,20,22);1H. The van der Waals surface area contributed by atoms with E-state index in [1.54, 1.807) is 19.1 Å². The summed E-state index contributed by atoms with van der Waals surface area (Å²) in [6, 6.07) is 4.82. The highest BCUT2D eigenvalue weighted by atomic mass is 35.5. The van der Waals surface area contributed by atoms with Gasteiger partial charge in [0, 0.05) is 38.2 Å². The summed E-state index contributed by atoms with van der Waals surface area (Å²) in [5.41, 5.74) is 5.80. The first-order valence-electron chi connectivity index (χ1n) is 8.63. The van der Waals surface area contributed by atoms with Gasteiger partial charge in [-0.25, -0.2) is 12.7 Å². The van der Waals surface area contributed by atoms with E-state index in [1.807, 2.05) is 20.8 Å². The van der Waals surface area contributed by atoms with Gasteiger partial charge in [-0.2, -0.15) is 0 Å². The number of hydrogen-bond donors (Lipinski definition) is 2. The molecule has 2 atom stereocenters. The van der Waals surface area contributed by atoms with Crippen LogP contribution >= 0.6 is 12.4 Å². The summed E-state index contributed by atoms with van der Waals surface area (Å²) in [7, 11) is -0.657. The highest BCUT2D eigenvalue weighted by Crippen LogP contribution is 2.50. The molecule has 3 N–H and O–H groups in total. The normalized spacial score (nSPS) is 24.1. The lowest BCUT2D eigenvalue weighted by molar-refractivity contribution is -0.166. The second kappa shape index (κ2) is 8.05. The number of nitrogens with zero attached hydrogens (tertiary/aromatic N) is 1. The van der Waals surface area contributed by atoms with Gasteiger partial charge in [0.15, 0.2) is 0 Å². The maximum atomic E-state index is 12.8. The Bertz CT molecular complexity index is 811. The molecule has 1 aromatic carbocycles. The zero-order valence-electron chi connectivity index (χ0n) is 16.7. The molecular formula is C18H30ClN3O4S. The number of amides is 1. The van der Waals surface area contributed by atoms with Gasteiger partial charge in [0.2, 0.25) is 15.9 Å². The predicted octanol–water partition coefficient (Wildman–Crippen LogP) is 2.14. The van der Waals surface area contributed by atoms with Crippen molar-refractivity contribution in [1.82, 2.24) is 4.31 Å². The maximum absolute atomic E-state index is 12.8. The van der Waals surface area contributed by atoms with Crippen LogP contribution in [-0.2, 0) is 19.6 Å². The van der Waals surface area contributed by atoms with Crippen LogP contribution in [0.1, 0.15) is 32.8 Å². The molecule has 2 unspecified atom stereocenters. The van der Waals surface area contributed by atoms with Crippen molar-refractivity contribution >= 4 is 34.0 Å². The van der Waals surface area contributed by atoms with Crippen molar-refractivity contribution in [3.8, 4) is 0 Å². The molecule has 0 saturated heterocycles. The first kappa shape index (κ1) is 23.8. The average molecular weight is 420 g/mol. The molecule has 0 heterocycles. The number of nitrogens with one attached hydrogen (secondary N) is 1. The molecule has 1 fully saturated rings. The monoisotopic (exact) mass is 419 g/mol. The molecule has 0 spiro atoms. The molecule has 0 aromatic heterocycles. The molecule has 1 aromatic rings. The Balaban J connectivity index is 0.00000364. The molecule has 2 rings (SSSR count). The molecule has 1 aliphatic carbocycles. The van der Waals surface area contributed by atoms with Crippen molar-refractivity contribution in [3.63, 3.8) is 0 Å². The lowest BCUT2D eigenvalue weighted by Gasteiger charge is -2.57. The average Bonchev–Trinajstić information content (AvgIpc) is 2.55. The number of anilines is 1. The minimum Gasteiger partial charge on any atom is -0.378 e. The maximum Gasteiger partial charge on any atom is 0.245 e. The number of ether oxygens (including phenoxy) is 1. The first-order valence-corrected chi connectivity index (χ1v) is 10.1. The van der Waals surface area contributed by atoms with E-state index in [9.17, 15) is 13.2 Å². The topological polar surface area (TPSA) is 102 Å². The van der Waals surface area contributed by atoms with Gasteiger partial charge in [0.1, 0.15) is 5.54 Å². The third kappa shape index (κ3) is 4.00. The SMILES string of the molecule is CCOC1CC(N)(C(=O)Nc2ccc(C)c(S(=O)(=O)N(C)C)c2)C1(C)C.Cl. The van der Waals surface area contributed by atoms with E-state index in [0.29, 0.717) is 24.3 Å². The van der Waals surface area contributed by atoms with Crippen LogP contribution in [0, 0.1) is 12.3 Å². The Morgan fingerprint density at radius 3 is 2.44 bits per heavy atom. The number of halogens is 1. The van der Waals surface area contributed by atoms with E-state index < -0.39 is 21.0 Å². The summed E-state index contributed by atoms with van der Waals surface area (Å²) in [5.74, 6) is -0.337. The third-order valence-corrected chi connectivity index (χ3v) is 7.40. The van der Waals surface area contributed by atoms with Crippen LogP contribution in [0.5, 0.6) is 0 Å². The van der Waals surface area contributed by atoms with Crippen molar-refractivity contribution in [2.75, 3.05) is 26.0 Å². The Labute approximate surface area is 168 Å². The highest BCUT2D eigenvalue weighted by Gasteiger charge is 2.62. The van der Waals surface area contributed by atoms with Crippen molar-refractivity contribution in [2.45, 2.75) is 50.7 Å². The van der Waals surface area contributed by atoms with Gasteiger partial charge < -0.3 is 15.8 Å². The molecule has 27 heavy (non-hydrogen) atoms. The van der Waals surface area contributed by atoms with Gasteiger partial charge in [-0.1, -0.05) is 19.9 Å². The first-order chi connectivity index (χ1) is 11.9. The lowest BCUT2D eigenvalue weighted by atomic mass is 9.54. The zero-order chi connectivity index (χ0) is 19.9. The van der Waals surface area contributed by atoms with E-state index >= 15 is 0 Å². The summed E-state index contributed by atoms with van der Waals surface area (Å²) in [5, 5.41) is 2.78. The molecule has 0 aliphatic heterocycles. The molecule has 1 aliphatic rings. The van der Waals surface area contributed by atoms with Crippen molar-refractivity contribution in [1.29, 1.82) is 0 Å². The van der Waals surface area contributed by atoms with E-state index in [1.165, 1.54) is 20.2 Å². The smallest absolute Gasteiger partial charge is 0.245 e. The highest BCUT2D eigenvalue weighted by molar-refractivity contribution is 7.89. The van der Waals surface area contributed by atoms with E-state index in [0.717, 1.165) is 4.31 Å². The molecule has 0 bridgehead atoms. The second-order valence-electron chi connectivity index (χ2n) is 7.56. The molecule has 9 heteroatoms. The molecular weight excluding hydrogens is 390 g/mol.